The Morgan fingerprint density at radius 2 is 2.12 bits per heavy atom. The first-order valence-corrected chi connectivity index (χ1v) is 7.51. The highest BCUT2D eigenvalue weighted by Gasteiger charge is 2.40. The van der Waals surface area contributed by atoms with Crippen LogP contribution in [0.15, 0.2) is 0 Å². The number of rotatable bonds is 4. The van der Waals surface area contributed by atoms with Gasteiger partial charge in [0.25, 0.3) is 0 Å². The maximum Gasteiger partial charge on any atom is 0.223 e. The SMILES string of the molecule is CCC(C(N)=S)S(=O)(=O)N1CC(C)CC1C. The Bertz CT molecular complexity index is 367. The lowest BCUT2D eigenvalue weighted by Gasteiger charge is -2.25. The molecule has 16 heavy (non-hydrogen) atoms. The number of hydrogen-bond donors (Lipinski definition) is 1. The third-order valence-electron chi connectivity index (χ3n) is 3.10. The van der Waals surface area contributed by atoms with E-state index >= 15 is 0 Å². The third kappa shape index (κ3) is 2.55. The Hall–Kier alpha value is -0.200. The topological polar surface area (TPSA) is 63.4 Å². The molecule has 0 aromatic heterocycles. The fraction of sp³-hybridized carbons (Fsp3) is 0.900. The van der Waals surface area contributed by atoms with Crippen molar-refractivity contribution in [3.8, 4) is 0 Å². The van der Waals surface area contributed by atoms with Crippen LogP contribution in [-0.2, 0) is 10.0 Å². The molecular weight excluding hydrogens is 244 g/mol. The van der Waals surface area contributed by atoms with E-state index in [0.717, 1.165) is 6.42 Å². The van der Waals surface area contributed by atoms with Crippen LogP contribution >= 0.6 is 12.2 Å². The predicted octanol–water partition coefficient (Wildman–Crippen LogP) is 1.11. The van der Waals surface area contributed by atoms with E-state index in [1.165, 1.54) is 0 Å². The van der Waals surface area contributed by atoms with E-state index in [1.54, 1.807) is 11.2 Å². The Morgan fingerprint density at radius 3 is 2.44 bits per heavy atom. The Labute approximate surface area is 103 Å². The minimum Gasteiger partial charge on any atom is -0.392 e. The van der Waals surface area contributed by atoms with Crippen molar-refractivity contribution in [1.29, 1.82) is 0 Å². The van der Waals surface area contributed by atoms with Crippen LogP contribution in [-0.4, -0.2) is 35.5 Å². The summed E-state index contributed by atoms with van der Waals surface area (Å²) in [4.78, 5) is 0.0780. The summed E-state index contributed by atoms with van der Waals surface area (Å²) >= 11 is 4.84. The van der Waals surface area contributed by atoms with Gasteiger partial charge in [-0.25, -0.2) is 8.42 Å². The zero-order valence-electron chi connectivity index (χ0n) is 10.0. The second-order valence-electron chi connectivity index (χ2n) is 4.60. The summed E-state index contributed by atoms with van der Waals surface area (Å²) in [5.41, 5.74) is 5.51. The number of hydrogen-bond acceptors (Lipinski definition) is 3. The number of nitrogens with zero attached hydrogens (tertiary/aromatic N) is 1. The molecule has 0 aliphatic carbocycles. The molecule has 0 bridgehead atoms. The molecule has 1 fully saturated rings. The van der Waals surface area contributed by atoms with Gasteiger partial charge in [-0.1, -0.05) is 26.1 Å². The lowest BCUT2D eigenvalue weighted by atomic mass is 10.1. The van der Waals surface area contributed by atoms with Crippen molar-refractivity contribution in [1.82, 2.24) is 4.31 Å². The van der Waals surface area contributed by atoms with E-state index in [-0.39, 0.29) is 11.0 Å². The maximum atomic E-state index is 12.3. The summed E-state index contributed by atoms with van der Waals surface area (Å²) in [5.74, 6) is 0.411. The van der Waals surface area contributed by atoms with Crippen LogP contribution in [0.25, 0.3) is 0 Å². The monoisotopic (exact) mass is 264 g/mol. The average molecular weight is 264 g/mol. The first-order valence-electron chi connectivity index (χ1n) is 5.60. The van der Waals surface area contributed by atoms with Crippen molar-refractivity contribution >= 4 is 27.2 Å². The summed E-state index contributed by atoms with van der Waals surface area (Å²) in [5, 5.41) is -0.713. The van der Waals surface area contributed by atoms with Gasteiger partial charge in [-0.15, -0.1) is 0 Å². The van der Waals surface area contributed by atoms with Gasteiger partial charge in [-0.05, 0) is 25.7 Å². The fourth-order valence-corrected chi connectivity index (χ4v) is 4.96. The second-order valence-corrected chi connectivity index (χ2v) is 7.14. The molecule has 1 rings (SSSR count). The normalized spacial score (nSPS) is 29.2. The molecule has 1 saturated heterocycles. The van der Waals surface area contributed by atoms with Crippen molar-refractivity contribution in [3.63, 3.8) is 0 Å². The summed E-state index contributed by atoms with van der Waals surface area (Å²) in [7, 11) is -3.37. The summed E-state index contributed by atoms with van der Waals surface area (Å²) in [6.07, 6.45) is 1.35. The van der Waals surface area contributed by atoms with Crippen LogP contribution < -0.4 is 5.73 Å². The van der Waals surface area contributed by atoms with Gasteiger partial charge in [0.15, 0.2) is 0 Å². The van der Waals surface area contributed by atoms with Gasteiger partial charge >= 0.3 is 0 Å². The van der Waals surface area contributed by atoms with Gasteiger partial charge in [-0.3, -0.25) is 0 Å². The molecule has 0 saturated carbocycles. The molecule has 0 radical (unpaired) electrons. The van der Waals surface area contributed by atoms with E-state index in [4.69, 9.17) is 18.0 Å². The molecule has 3 unspecified atom stereocenters. The Balaban J connectivity index is 2.97. The van der Waals surface area contributed by atoms with Gasteiger partial charge in [0, 0.05) is 12.6 Å². The van der Waals surface area contributed by atoms with Gasteiger partial charge < -0.3 is 5.73 Å². The number of thiocarbonyl (C=S) groups is 1. The van der Waals surface area contributed by atoms with Gasteiger partial charge in [0.05, 0.1) is 4.99 Å². The quantitative estimate of drug-likeness (QED) is 0.773. The van der Waals surface area contributed by atoms with Crippen LogP contribution in [0.3, 0.4) is 0 Å². The van der Waals surface area contributed by atoms with Crippen LogP contribution in [0.5, 0.6) is 0 Å². The summed E-state index contributed by atoms with van der Waals surface area (Å²) in [6.45, 7) is 6.38. The van der Waals surface area contributed by atoms with Crippen molar-refractivity contribution in [2.24, 2.45) is 11.7 Å². The molecule has 0 spiro atoms. The predicted molar refractivity (Wildman–Crippen MR) is 69.7 cm³/mol. The molecule has 3 atom stereocenters. The molecule has 0 amide bonds. The number of nitrogens with two attached hydrogens (primary N) is 1. The average Bonchev–Trinajstić information content (AvgIpc) is 2.45. The van der Waals surface area contributed by atoms with E-state index in [0.29, 0.717) is 18.9 Å². The number of sulfonamides is 1. The molecular formula is C10H20N2O2S2. The van der Waals surface area contributed by atoms with Gasteiger partial charge in [-0.2, -0.15) is 4.31 Å². The maximum absolute atomic E-state index is 12.3. The highest BCUT2D eigenvalue weighted by Crippen LogP contribution is 2.28. The summed E-state index contributed by atoms with van der Waals surface area (Å²) in [6, 6.07) is 0.0587. The van der Waals surface area contributed by atoms with Crippen molar-refractivity contribution in [3.05, 3.63) is 0 Å². The Morgan fingerprint density at radius 1 is 1.56 bits per heavy atom. The van der Waals surface area contributed by atoms with Crippen molar-refractivity contribution in [2.45, 2.75) is 44.9 Å². The largest absolute Gasteiger partial charge is 0.392 e. The van der Waals surface area contributed by atoms with E-state index in [1.807, 2.05) is 6.92 Å². The van der Waals surface area contributed by atoms with Crippen molar-refractivity contribution < 1.29 is 8.42 Å². The molecule has 1 aliphatic heterocycles. The van der Waals surface area contributed by atoms with Crippen LogP contribution in [0.1, 0.15) is 33.6 Å². The molecule has 1 heterocycles. The van der Waals surface area contributed by atoms with E-state index in [2.05, 4.69) is 6.92 Å². The summed E-state index contributed by atoms with van der Waals surface area (Å²) < 4.78 is 26.2. The van der Waals surface area contributed by atoms with E-state index < -0.39 is 15.3 Å². The molecule has 94 valence electrons. The smallest absolute Gasteiger partial charge is 0.223 e. The standard InChI is InChI=1S/C10H20N2O2S2/c1-4-9(10(11)15)16(13,14)12-6-7(2)5-8(12)3/h7-9H,4-6H2,1-3H3,(H2,11,15). The molecule has 1 aliphatic rings. The first kappa shape index (κ1) is 13.9. The highest BCUT2D eigenvalue weighted by molar-refractivity contribution is 7.92. The molecule has 6 heteroatoms. The molecule has 2 N–H and O–H groups in total. The second kappa shape index (κ2) is 4.98. The molecule has 4 nitrogen and oxygen atoms in total. The fourth-order valence-electron chi connectivity index (χ4n) is 2.34. The third-order valence-corrected chi connectivity index (χ3v) is 6.00. The molecule has 0 aromatic rings. The van der Waals surface area contributed by atoms with Gasteiger partial charge in [0.1, 0.15) is 5.25 Å². The van der Waals surface area contributed by atoms with Crippen molar-refractivity contribution in [2.75, 3.05) is 6.54 Å². The zero-order chi connectivity index (χ0) is 12.5. The highest BCUT2D eigenvalue weighted by atomic mass is 32.2. The first-order chi connectivity index (χ1) is 7.30. The van der Waals surface area contributed by atoms with Gasteiger partial charge in [0.2, 0.25) is 10.0 Å². The lowest BCUT2D eigenvalue weighted by molar-refractivity contribution is 0.402. The van der Waals surface area contributed by atoms with E-state index in [9.17, 15) is 8.42 Å². The zero-order valence-corrected chi connectivity index (χ0v) is 11.6. The Kier molecular flexibility index (Phi) is 4.31. The van der Waals surface area contributed by atoms with Crippen LogP contribution in [0, 0.1) is 5.92 Å². The molecule has 0 aromatic carbocycles. The minimum absolute atomic E-state index is 0.0587. The van der Waals surface area contributed by atoms with Crippen LogP contribution in [0.2, 0.25) is 0 Å². The lowest BCUT2D eigenvalue weighted by Crippen LogP contribution is -2.45. The van der Waals surface area contributed by atoms with Crippen LogP contribution in [0.4, 0.5) is 0 Å². The minimum atomic E-state index is -3.37.